The molecule has 28 heavy (non-hydrogen) atoms. The summed E-state index contributed by atoms with van der Waals surface area (Å²) in [4.78, 5) is 16.0. The van der Waals surface area contributed by atoms with Crippen LogP contribution in [0.25, 0.3) is 0 Å². The van der Waals surface area contributed by atoms with E-state index in [1.807, 2.05) is 0 Å². The second kappa shape index (κ2) is 8.40. The van der Waals surface area contributed by atoms with E-state index in [9.17, 15) is 0 Å². The van der Waals surface area contributed by atoms with Crippen molar-refractivity contribution in [3.63, 3.8) is 0 Å². The van der Waals surface area contributed by atoms with Gasteiger partial charge in [0, 0.05) is 19.6 Å². The molecule has 2 heterocycles. The van der Waals surface area contributed by atoms with Crippen LogP contribution >= 0.6 is 11.6 Å². The summed E-state index contributed by atoms with van der Waals surface area (Å²) in [6.45, 7) is 2.93. The molecule has 2 saturated carbocycles. The first kappa shape index (κ1) is 19.7. The van der Waals surface area contributed by atoms with Crippen LogP contribution in [0.5, 0.6) is 0 Å². The van der Waals surface area contributed by atoms with E-state index in [1.54, 1.807) is 6.20 Å². The minimum absolute atomic E-state index is 0.510. The molecule has 2 aliphatic carbocycles. The Morgan fingerprint density at radius 3 is 2.61 bits per heavy atom. The van der Waals surface area contributed by atoms with E-state index in [4.69, 9.17) is 16.6 Å². The highest BCUT2D eigenvalue weighted by Crippen LogP contribution is 2.48. The molecule has 4 rings (SSSR count). The molecule has 0 aromatic carbocycles. The number of aliphatic imine (C=N–C) groups is 1. The van der Waals surface area contributed by atoms with Gasteiger partial charge in [-0.1, -0.05) is 36.4 Å². The Balaban J connectivity index is 1.43. The largest absolute Gasteiger partial charge is 0.341 e. The van der Waals surface area contributed by atoms with E-state index < -0.39 is 0 Å². The molecule has 0 unspecified atom stereocenters. The standard InChI is InChI=1S/C22H32ClN5/c1-16-8-13-24-19(14-16)26-20-18(23)15-25-21(27-20)28(2)17-6-11-22(12-7-17)9-4-3-5-10-22/h14-15,17H,3-13H2,1-2H3,(H,24,25,26,27). The van der Waals surface area contributed by atoms with E-state index in [0.717, 1.165) is 24.7 Å². The van der Waals surface area contributed by atoms with Crippen LogP contribution in [0.2, 0.25) is 5.02 Å². The predicted octanol–water partition coefficient (Wildman–Crippen LogP) is 5.62. The average molecular weight is 402 g/mol. The summed E-state index contributed by atoms with van der Waals surface area (Å²) in [5.74, 6) is 2.21. The van der Waals surface area contributed by atoms with Crippen LogP contribution < -0.4 is 10.2 Å². The lowest BCUT2D eigenvalue weighted by Crippen LogP contribution is -2.40. The third kappa shape index (κ3) is 4.35. The maximum Gasteiger partial charge on any atom is 0.227 e. The topological polar surface area (TPSA) is 53.4 Å². The summed E-state index contributed by atoms with van der Waals surface area (Å²) >= 11 is 6.36. The average Bonchev–Trinajstić information content (AvgIpc) is 2.70. The Bertz CT molecular complexity index is 756. The first-order valence-corrected chi connectivity index (χ1v) is 11.2. The summed E-state index contributed by atoms with van der Waals surface area (Å²) in [6, 6.07) is 0.510. The van der Waals surface area contributed by atoms with Gasteiger partial charge in [-0.05, 0) is 63.4 Å². The third-order valence-corrected chi connectivity index (χ3v) is 7.22. The molecule has 1 spiro atoms. The molecule has 1 aromatic rings. The van der Waals surface area contributed by atoms with Crippen molar-refractivity contribution in [3.05, 3.63) is 22.9 Å². The Hall–Kier alpha value is -1.62. The van der Waals surface area contributed by atoms with Crippen LogP contribution in [0.4, 0.5) is 11.8 Å². The lowest BCUT2D eigenvalue weighted by molar-refractivity contribution is 0.114. The second-order valence-electron chi connectivity index (χ2n) is 8.90. The third-order valence-electron chi connectivity index (χ3n) is 6.94. The Morgan fingerprint density at radius 2 is 1.89 bits per heavy atom. The first-order valence-electron chi connectivity index (χ1n) is 10.8. The molecular weight excluding hydrogens is 370 g/mol. The summed E-state index contributed by atoms with van der Waals surface area (Å²) in [7, 11) is 2.12. The van der Waals surface area contributed by atoms with Gasteiger partial charge in [0.05, 0.1) is 6.20 Å². The van der Waals surface area contributed by atoms with Crippen molar-refractivity contribution < 1.29 is 0 Å². The number of amidine groups is 1. The lowest BCUT2D eigenvalue weighted by atomic mass is 9.64. The maximum atomic E-state index is 6.36. The first-order chi connectivity index (χ1) is 13.5. The van der Waals surface area contributed by atoms with Crippen LogP contribution in [-0.2, 0) is 0 Å². The quantitative estimate of drug-likeness (QED) is 0.714. The van der Waals surface area contributed by atoms with Crippen LogP contribution in [-0.4, -0.2) is 35.4 Å². The zero-order valence-electron chi connectivity index (χ0n) is 17.2. The van der Waals surface area contributed by atoms with Gasteiger partial charge in [-0.2, -0.15) is 4.98 Å². The number of nitrogens with zero attached hydrogens (tertiary/aromatic N) is 4. The van der Waals surface area contributed by atoms with Crippen LogP contribution in [0.15, 0.2) is 22.8 Å². The molecule has 1 aliphatic heterocycles. The molecule has 3 aliphatic rings. The number of dihydropyridines is 1. The van der Waals surface area contributed by atoms with Gasteiger partial charge in [0.2, 0.25) is 5.95 Å². The highest BCUT2D eigenvalue weighted by molar-refractivity contribution is 6.33. The molecule has 1 N–H and O–H groups in total. The minimum Gasteiger partial charge on any atom is -0.341 e. The van der Waals surface area contributed by atoms with Crippen molar-refractivity contribution >= 4 is 29.2 Å². The van der Waals surface area contributed by atoms with Crippen LogP contribution in [0.1, 0.15) is 71.1 Å². The molecule has 5 nitrogen and oxygen atoms in total. The molecule has 0 radical (unpaired) electrons. The maximum absolute atomic E-state index is 6.36. The van der Waals surface area contributed by atoms with E-state index in [1.165, 1.54) is 63.4 Å². The van der Waals surface area contributed by atoms with Crippen molar-refractivity contribution in [2.24, 2.45) is 10.4 Å². The molecule has 0 amide bonds. The van der Waals surface area contributed by atoms with E-state index >= 15 is 0 Å². The van der Waals surface area contributed by atoms with Crippen LogP contribution in [0, 0.1) is 5.41 Å². The van der Waals surface area contributed by atoms with Crippen molar-refractivity contribution in [1.82, 2.24) is 9.97 Å². The molecule has 2 fully saturated rings. The summed E-state index contributed by atoms with van der Waals surface area (Å²) < 4.78 is 0. The molecule has 0 saturated heterocycles. The summed E-state index contributed by atoms with van der Waals surface area (Å²) in [5, 5.41) is 3.82. The zero-order chi connectivity index (χ0) is 19.6. The molecule has 152 valence electrons. The number of anilines is 2. The molecule has 6 heteroatoms. The number of halogens is 1. The second-order valence-corrected chi connectivity index (χ2v) is 9.31. The van der Waals surface area contributed by atoms with Gasteiger partial charge in [0.1, 0.15) is 10.9 Å². The lowest BCUT2D eigenvalue weighted by Gasteiger charge is -2.45. The number of aromatic nitrogens is 2. The highest BCUT2D eigenvalue weighted by Gasteiger charge is 2.37. The molecule has 0 bridgehead atoms. The SMILES string of the molecule is CC1=CC(Nc2nc(N(C)C3CCC4(CCCCC4)CC3)ncc2Cl)=NCC1. The Labute approximate surface area is 173 Å². The zero-order valence-corrected chi connectivity index (χ0v) is 17.9. The van der Waals surface area contributed by atoms with Gasteiger partial charge in [0.25, 0.3) is 0 Å². The predicted molar refractivity (Wildman–Crippen MR) is 118 cm³/mol. The smallest absolute Gasteiger partial charge is 0.227 e. The molecule has 0 atom stereocenters. The van der Waals surface area contributed by atoms with Gasteiger partial charge in [-0.25, -0.2) is 4.98 Å². The van der Waals surface area contributed by atoms with Gasteiger partial charge in [-0.15, -0.1) is 0 Å². The fourth-order valence-corrected chi connectivity index (χ4v) is 5.22. The fraction of sp³-hybridized carbons (Fsp3) is 0.682. The van der Waals surface area contributed by atoms with E-state index in [0.29, 0.717) is 22.3 Å². The normalized spacial score (nSPS) is 22.5. The fourth-order valence-electron chi connectivity index (χ4n) is 5.08. The number of nitrogens with one attached hydrogen (secondary N) is 1. The number of rotatable bonds is 3. The highest BCUT2D eigenvalue weighted by atomic mass is 35.5. The van der Waals surface area contributed by atoms with Gasteiger partial charge in [-0.3, -0.25) is 4.99 Å². The van der Waals surface area contributed by atoms with Crippen molar-refractivity contribution in [3.8, 4) is 0 Å². The Kier molecular flexibility index (Phi) is 5.91. The molecular formula is C22H32ClN5. The number of hydrogen-bond acceptors (Lipinski definition) is 5. The summed E-state index contributed by atoms with van der Waals surface area (Å²) in [6.07, 6.45) is 17.1. The van der Waals surface area contributed by atoms with Gasteiger partial charge in [0.15, 0.2) is 5.82 Å². The summed E-state index contributed by atoms with van der Waals surface area (Å²) in [5.41, 5.74) is 1.95. The van der Waals surface area contributed by atoms with E-state index in [-0.39, 0.29) is 0 Å². The Morgan fingerprint density at radius 1 is 1.14 bits per heavy atom. The van der Waals surface area contributed by atoms with Crippen molar-refractivity contribution in [1.29, 1.82) is 0 Å². The van der Waals surface area contributed by atoms with E-state index in [2.05, 4.69) is 40.2 Å². The monoisotopic (exact) mass is 401 g/mol. The van der Waals surface area contributed by atoms with Gasteiger partial charge >= 0.3 is 0 Å². The van der Waals surface area contributed by atoms with Crippen molar-refractivity contribution in [2.45, 2.75) is 77.2 Å². The van der Waals surface area contributed by atoms with Crippen molar-refractivity contribution in [2.75, 3.05) is 23.8 Å². The molecule has 1 aromatic heterocycles. The van der Waals surface area contributed by atoms with Gasteiger partial charge < -0.3 is 10.2 Å². The number of hydrogen-bond donors (Lipinski definition) is 1. The minimum atomic E-state index is 0.510. The van der Waals surface area contributed by atoms with Crippen LogP contribution in [0.3, 0.4) is 0 Å².